The molecule has 0 radical (unpaired) electrons. The number of carbonyl (C=O) groups is 3. The van der Waals surface area contributed by atoms with Crippen molar-refractivity contribution in [2.45, 2.75) is 393 Å². The number of ether oxygens (including phenoxy) is 3. The van der Waals surface area contributed by atoms with E-state index in [1.165, 1.54) is 283 Å². The zero-order valence-electron chi connectivity index (χ0n) is 51.6. The lowest BCUT2D eigenvalue weighted by Crippen LogP contribution is -2.30. The standard InChI is InChI=1S/C70H132O6/c1-4-7-10-13-16-18-20-22-24-26-28-30-32-33-34-35-36-37-39-40-42-44-46-48-50-52-54-57-60-63-69(72)75-66-67(65-74-68(71)62-59-56-15-12-9-6-3)76-70(73)64-61-58-55-53-51-49-47-45-43-41-38-31-29-27-25-23-21-19-17-14-11-8-5-2/h21,23,27,29,67H,4-20,22,24-26,28,30-66H2,1-3H3/b23-21-,29-27-. The molecule has 6 heteroatoms. The molecule has 0 saturated heterocycles. The monoisotopic (exact) mass is 1070 g/mol. The van der Waals surface area contributed by atoms with E-state index in [1.807, 2.05) is 0 Å². The third kappa shape index (κ3) is 62.7. The van der Waals surface area contributed by atoms with Crippen LogP contribution >= 0.6 is 0 Å². The maximum absolute atomic E-state index is 12.9. The predicted octanol–water partition coefficient (Wildman–Crippen LogP) is 23.4. The molecule has 0 aliphatic heterocycles. The second-order valence-corrected chi connectivity index (χ2v) is 23.5. The summed E-state index contributed by atoms with van der Waals surface area (Å²) in [6, 6.07) is 0. The highest BCUT2D eigenvalue weighted by atomic mass is 16.6. The van der Waals surface area contributed by atoms with Gasteiger partial charge in [0.1, 0.15) is 13.2 Å². The molecular formula is C70H132O6. The van der Waals surface area contributed by atoms with E-state index in [-0.39, 0.29) is 31.1 Å². The molecule has 0 N–H and O–H groups in total. The van der Waals surface area contributed by atoms with Gasteiger partial charge in [-0.05, 0) is 51.4 Å². The summed E-state index contributed by atoms with van der Waals surface area (Å²) in [7, 11) is 0. The highest BCUT2D eigenvalue weighted by Gasteiger charge is 2.19. The first-order chi connectivity index (χ1) is 37.5. The molecule has 0 aliphatic rings. The topological polar surface area (TPSA) is 78.9 Å². The first-order valence-corrected chi connectivity index (χ1v) is 34.3. The molecule has 0 heterocycles. The Morgan fingerprint density at radius 3 is 0.724 bits per heavy atom. The molecule has 0 aliphatic carbocycles. The Morgan fingerprint density at radius 2 is 0.474 bits per heavy atom. The van der Waals surface area contributed by atoms with Gasteiger partial charge in [-0.25, -0.2) is 0 Å². The summed E-state index contributed by atoms with van der Waals surface area (Å²) in [5, 5.41) is 0. The fourth-order valence-corrected chi connectivity index (χ4v) is 10.5. The van der Waals surface area contributed by atoms with E-state index in [2.05, 4.69) is 45.1 Å². The maximum atomic E-state index is 12.9. The highest BCUT2D eigenvalue weighted by molar-refractivity contribution is 5.71. The van der Waals surface area contributed by atoms with Gasteiger partial charge < -0.3 is 14.2 Å². The van der Waals surface area contributed by atoms with Crippen LogP contribution in [0.25, 0.3) is 0 Å². The van der Waals surface area contributed by atoms with Crippen molar-refractivity contribution in [3.8, 4) is 0 Å². The van der Waals surface area contributed by atoms with Crippen LogP contribution in [-0.4, -0.2) is 37.2 Å². The molecule has 1 atom stereocenters. The predicted molar refractivity (Wildman–Crippen MR) is 330 cm³/mol. The second kappa shape index (κ2) is 65.4. The highest BCUT2D eigenvalue weighted by Crippen LogP contribution is 2.19. The van der Waals surface area contributed by atoms with E-state index in [4.69, 9.17) is 14.2 Å². The first-order valence-electron chi connectivity index (χ1n) is 34.3. The molecule has 0 aromatic heterocycles. The molecule has 0 saturated carbocycles. The number of unbranched alkanes of at least 4 members (excludes halogenated alkanes) is 49. The van der Waals surface area contributed by atoms with Gasteiger partial charge in [-0.15, -0.1) is 0 Å². The van der Waals surface area contributed by atoms with Gasteiger partial charge in [-0.2, -0.15) is 0 Å². The van der Waals surface area contributed by atoms with E-state index in [0.29, 0.717) is 19.3 Å². The van der Waals surface area contributed by atoms with Crippen LogP contribution in [0, 0.1) is 0 Å². The van der Waals surface area contributed by atoms with Crippen LogP contribution in [0.4, 0.5) is 0 Å². The van der Waals surface area contributed by atoms with Crippen LogP contribution in [0.2, 0.25) is 0 Å². The lowest BCUT2D eigenvalue weighted by atomic mass is 10.0. The summed E-state index contributed by atoms with van der Waals surface area (Å²) in [5.74, 6) is -0.853. The van der Waals surface area contributed by atoms with Gasteiger partial charge in [-0.1, -0.05) is 340 Å². The van der Waals surface area contributed by atoms with Crippen LogP contribution in [0.5, 0.6) is 0 Å². The fourth-order valence-electron chi connectivity index (χ4n) is 10.5. The van der Waals surface area contributed by atoms with E-state index >= 15 is 0 Å². The Hall–Kier alpha value is -2.11. The van der Waals surface area contributed by atoms with Crippen LogP contribution in [0.1, 0.15) is 387 Å². The molecular weight excluding hydrogens is 937 g/mol. The molecule has 76 heavy (non-hydrogen) atoms. The molecule has 0 fully saturated rings. The third-order valence-corrected chi connectivity index (χ3v) is 15.7. The number of hydrogen-bond donors (Lipinski definition) is 0. The summed E-state index contributed by atoms with van der Waals surface area (Å²) in [6.07, 6.45) is 79.6. The van der Waals surface area contributed by atoms with Crippen LogP contribution in [-0.2, 0) is 28.6 Å². The Balaban J connectivity index is 3.97. The zero-order chi connectivity index (χ0) is 55.0. The van der Waals surface area contributed by atoms with Crippen molar-refractivity contribution in [1.82, 2.24) is 0 Å². The number of rotatable bonds is 64. The summed E-state index contributed by atoms with van der Waals surface area (Å²) < 4.78 is 16.8. The first kappa shape index (κ1) is 73.9. The molecule has 448 valence electrons. The van der Waals surface area contributed by atoms with Crippen LogP contribution in [0.15, 0.2) is 24.3 Å². The summed E-state index contributed by atoms with van der Waals surface area (Å²) in [6.45, 7) is 6.64. The van der Waals surface area contributed by atoms with Gasteiger partial charge in [-0.3, -0.25) is 14.4 Å². The maximum Gasteiger partial charge on any atom is 0.306 e. The van der Waals surface area contributed by atoms with E-state index in [1.54, 1.807) is 0 Å². The van der Waals surface area contributed by atoms with E-state index in [9.17, 15) is 14.4 Å². The number of carbonyl (C=O) groups excluding carboxylic acids is 3. The minimum Gasteiger partial charge on any atom is -0.462 e. The molecule has 0 spiro atoms. The summed E-state index contributed by atoms with van der Waals surface area (Å²) >= 11 is 0. The average Bonchev–Trinajstić information content (AvgIpc) is 3.42. The number of allylic oxidation sites excluding steroid dienone is 4. The van der Waals surface area contributed by atoms with Crippen molar-refractivity contribution < 1.29 is 28.6 Å². The van der Waals surface area contributed by atoms with Crippen LogP contribution < -0.4 is 0 Å². The normalized spacial score (nSPS) is 12.1. The smallest absolute Gasteiger partial charge is 0.306 e. The van der Waals surface area contributed by atoms with Gasteiger partial charge in [0.15, 0.2) is 6.10 Å². The van der Waals surface area contributed by atoms with Crippen molar-refractivity contribution in [1.29, 1.82) is 0 Å². The van der Waals surface area contributed by atoms with E-state index in [0.717, 1.165) is 64.2 Å². The minimum absolute atomic E-state index is 0.0668. The van der Waals surface area contributed by atoms with Crippen molar-refractivity contribution >= 4 is 17.9 Å². The molecule has 0 amide bonds. The van der Waals surface area contributed by atoms with Crippen molar-refractivity contribution in [3.63, 3.8) is 0 Å². The van der Waals surface area contributed by atoms with Crippen molar-refractivity contribution in [2.24, 2.45) is 0 Å². The fraction of sp³-hybridized carbons (Fsp3) is 0.900. The molecule has 1 unspecified atom stereocenters. The number of esters is 3. The second-order valence-electron chi connectivity index (χ2n) is 23.5. The molecule has 6 nitrogen and oxygen atoms in total. The molecule has 0 aromatic rings. The third-order valence-electron chi connectivity index (χ3n) is 15.7. The molecule has 0 bridgehead atoms. The molecule has 0 aromatic carbocycles. The average molecular weight is 1070 g/mol. The van der Waals surface area contributed by atoms with Gasteiger partial charge in [0.25, 0.3) is 0 Å². The lowest BCUT2D eigenvalue weighted by Gasteiger charge is -2.18. The Morgan fingerprint density at radius 1 is 0.263 bits per heavy atom. The Kier molecular flexibility index (Phi) is 63.6. The van der Waals surface area contributed by atoms with Gasteiger partial charge in [0.05, 0.1) is 0 Å². The Bertz CT molecular complexity index is 1230. The van der Waals surface area contributed by atoms with Crippen molar-refractivity contribution in [3.05, 3.63) is 24.3 Å². The molecule has 0 rings (SSSR count). The van der Waals surface area contributed by atoms with Crippen molar-refractivity contribution in [2.75, 3.05) is 13.2 Å². The zero-order valence-corrected chi connectivity index (χ0v) is 51.6. The van der Waals surface area contributed by atoms with Gasteiger partial charge in [0, 0.05) is 19.3 Å². The SMILES string of the molecule is CCCCCCC/C=C\C/C=C\CCCCCCCCCCCCCC(=O)OC(COC(=O)CCCCCCCC)COC(=O)CCCCCCCCCCCCCCCCCCCCCCCCCCCCCCC. The lowest BCUT2D eigenvalue weighted by molar-refractivity contribution is -0.167. The summed E-state index contributed by atoms with van der Waals surface area (Å²) in [5.41, 5.74) is 0. The number of hydrogen-bond acceptors (Lipinski definition) is 6. The van der Waals surface area contributed by atoms with Gasteiger partial charge >= 0.3 is 17.9 Å². The summed E-state index contributed by atoms with van der Waals surface area (Å²) in [4.78, 5) is 38.1. The van der Waals surface area contributed by atoms with Gasteiger partial charge in [0.2, 0.25) is 0 Å². The Labute approximate surface area is 474 Å². The van der Waals surface area contributed by atoms with Crippen LogP contribution in [0.3, 0.4) is 0 Å². The quantitative estimate of drug-likeness (QED) is 0.0261. The van der Waals surface area contributed by atoms with E-state index < -0.39 is 6.10 Å². The largest absolute Gasteiger partial charge is 0.462 e. The minimum atomic E-state index is -0.767.